The van der Waals surface area contributed by atoms with E-state index in [0.29, 0.717) is 12.3 Å². The molecule has 0 aliphatic carbocycles. The third-order valence-corrected chi connectivity index (χ3v) is 4.75. The van der Waals surface area contributed by atoms with E-state index >= 15 is 0 Å². The van der Waals surface area contributed by atoms with Gasteiger partial charge in [-0.1, -0.05) is 12.1 Å². The molecular weight excluding hydrogens is 238 g/mol. The average Bonchev–Trinajstić information content (AvgIpc) is 2.67. The van der Waals surface area contributed by atoms with Gasteiger partial charge in [-0.3, -0.25) is 0 Å². The van der Waals surface area contributed by atoms with Gasteiger partial charge in [-0.15, -0.1) is 0 Å². The van der Waals surface area contributed by atoms with Crippen LogP contribution in [0.25, 0.3) is 0 Å². The molecule has 0 radical (unpaired) electrons. The van der Waals surface area contributed by atoms with Gasteiger partial charge >= 0.3 is 0 Å². The molecule has 1 aliphatic rings. The predicted molar refractivity (Wildman–Crippen MR) is 66.9 cm³/mol. The lowest BCUT2D eigenvalue weighted by Gasteiger charge is -2.10. The largest absolute Gasteiger partial charge is 0.497 e. The molecule has 1 fully saturated rings. The molecule has 94 valence electrons. The highest BCUT2D eigenvalue weighted by Gasteiger charge is 2.27. The van der Waals surface area contributed by atoms with Gasteiger partial charge in [0.2, 0.25) is 0 Å². The Morgan fingerprint density at radius 2 is 2.06 bits per heavy atom. The smallest absolute Gasteiger partial charge is 0.151 e. The van der Waals surface area contributed by atoms with E-state index in [1.807, 2.05) is 24.3 Å². The van der Waals surface area contributed by atoms with Crippen LogP contribution in [-0.2, 0) is 16.4 Å². The Morgan fingerprint density at radius 1 is 1.35 bits per heavy atom. The number of ether oxygens (including phenoxy) is 1. The third kappa shape index (κ3) is 3.44. The Hall–Kier alpha value is -1.07. The van der Waals surface area contributed by atoms with E-state index in [1.165, 1.54) is 0 Å². The van der Waals surface area contributed by atoms with Crippen molar-refractivity contribution in [2.24, 2.45) is 0 Å². The lowest BCUT2D eigenvalue weighted by molar-refractivity contribution is 0.414. The number of rotatable bonds is 4. The first-order chi connectivity index (χ1) is 8.09. The summed E-state index contributed by atoms with van der Waals surface area (Å²) in [6, 6.07) is 7.87. The molecule has 0 bridgehead atoms. The van der Waals surface area contributed by atoms with Gasteiger partial charge in [0.15, 0.2) is 9.84 Å². The quantitative estimate of drug-likeness (QED) is 0.871. The highest BCUT2D eigenvalue weighted by atomic mass is 32.2. The van der Waals surface area contributed by atoms with Crippen molar-refractivity contribution in [1.29, 1.82) is 0 Å². The summed E-state index contributed by atoms with van der Waals surface area (Å²) >= 11 is 0. The first-order valence-corrected chi connectivity index (χ1v) is 7.48. The van der Waals surface area contributed by atoms with Crippen molar-refractivity contribution in [2.75, 3.05) is 18.6 Å². The van der Waals surface area contributed by atoms with Crippen LogP contribution < -0.4 is 10.1 Å². The molecule has 0 aromatic heterocycles. The number of hydrogen-bond donors (Lipinski definition) is 1. The summed E-state index contributed by atoms with van der Waals surface area (Å²) < 4.78 is 27.6. The van der Waals surface area contributed by atoms with Crippen molar-refractivity contribution < 1.29 is 13.2 Å². The highest BCUT2D eigenvalue weighted by molar-refractivity contribution is 7.91. The summed E-state index contributed by atoms with van der Waals surface area (Å²) in [5.74, 6) is 1.41. The van der Waals surface area contributed by atoms with E-state index in [4.69, 9.17) is 4.74 Å². The summed E-state index contributed by atoms with van der Waals surface area (Å²) in [5, 5.41) is 3.27. The van der Waals surface area contributed by atoms with Crippen LogP contribution in [0.2, 0.25) is 0 Å². The molecule has 0 unspecified atom stereocenters. The molecule has 1 atom stereocenters. The van der Waals surface area contributed by atoms with E-state index in [2.05, 4.69) is 5.32 Å². The fourth-order valence-corrected chi connectivity index (χ4v) is 3.67. The zero-order valence-electron chi connectivity index (χ0n) is 9.85. The summed E-state index contributed by atoms with van der Waals surface area (Å²) in [6.45, 7) is 0.699. The molecule has 1 aromatic carbocycles. The van der Waals surface area contributed by atoms with Crippen LogP contribution in [-0.4, -0.2) is 33.1 Å². The van der Waals surface area contributed by atoms with Crippen molar-refractivity contribution in [1.82, 2.24) is 5.32 Å². The number of hydrogen-bond acceptors (Lipinski definition) is 4. The summed E-state index contributed by atoms with van der Waals surface area (Å²) in [5.41, 5.74) is 1.13. The van der Waals surface area contributed by atoms with Gasteiger partial charge < -0.3 is 10.1 Å². The topological polar surface area (TPSA) is 55.4 Å². The van der Waals surface area contributed by atoms with Crippen molar-refractivity contribution in [3.8, 4) is 5.75 Å². The van der Waals surface area contributed by atoms with Crippen LogP contribution >= 0.6 is 0 Å². The molecule has 1 N–H and O–H groups in total. The van der Waals surface area contributed by atoms with Gasteiger partial charge in [-0.25, -0.2) is 8.42 Å². The van der Waals surface area contributed by atoms with E-state index in [1.54, 1.807) is 7.11 Å². The Labute approximate surface area is 102 Å². The molecule has 1 aromatic rings. The fraction of sp³-hybridized carbons (Fsp3) is 0.500. The van der Waals surface area contributed by atoms with Crippen LogP contribution in [0.5, 0.6) is 5.75 Å². The SMILES string of the molecule is COc1ccc(CN[C@@H]2CCS(=O)(=O)C2)cc1. The molecule has 5 heteroatoms. The maximum atomic E-state index is 11.3. The van der Waals surface area contributed by atoms with Crippen LogP contribution in [0.15, 0.2) is 24.3 Å². The summed E-state index contributed by atoms with van der Waals surface area (Å²) in [7, 11) is -1.16. The lowest BCUT2D eigenvalue weighted by atomic mass is 10.2. The van der Waals surface area contributed by atoms with Gasteiger partial charge in [0.05, 0.1) is 18.6 Å². The normalized spacial score (nSPS) is 22.5. The Morgan fingerprint density at radius 3 is 2.59 bits per heavy atom. The highest BCUT2D eigenvalue weighted by Crippen LogP contribution is 2.14. The molecule has 0 amide bonds. The molecule has 2 rings (SSSR count). The van der Waals surface area contributed by atoms with E-state index in [0.717, 1.165) is 17.7 Å². The van der Waals surface area contributed by atoms with Gasteiger partial charge in [0.25, 0.3) is 0 Å². The van der Waals surface area contributed by atoms with Gasteiger partial charge in [-0.05, 0) is 24.1 Å². The number of benzene rings is 1. The van der Waals surface area contributed by atoms with Crippen molar-refractivity contribution in [2.45, 2.75) is 19.0 Å². The number of methoxy groups -OCH3 is 1. The minimum atomic E-state index is -2.79. The predicted octanol–water partition coefficient (Wildman–Crippen LogP) is 0.972. The zero-order valence-corrected chi connectivity index (χ0v) is 10.7. The van der Waals surface area contributed by atoms with Crippen LogP contribution in [0.3, 0.4) is 0 Å². The molecule has 0 saturated carbocycles. The molecule has 17 heavy (non-hydrogen) atoms. The van der Waals surface area contributed by atoms with Crippen LogP contribution in [0.4, 0.5) is 0 Å². The first kappa shape index (κ1) is 12.4. The maximum absolute atomic E-state index is 11.3. The standard InChI is InChI=1S/C12H17NO3S/c1-16-12-4-2-10(3-5-12)8-13-11-6-7-17(14,15)9-11/h2-5,11,13H,6-9H2,1H3/t11-/m1/s1. The van der Waals surface area contributed by atoms with E-state index in [-0.39, 0.29) is 11.8 Å². The third-order valence-electron chi connectivity index (χ3n) is 2.99. The fourth-order valence-electron chi connectivity index (χ4n) is 1.96. The molecule has 0 spiro atoms. The number of nitrogens with one attached hydrogen (secondary N) is 1. The lowest BCUT2D eigenvalue weighted by Crippen LogP contribution is -2.29. The number of sulfone groups is 1. The Kier molecular flexibility index (Phi) is 3.69. The molecule has 4 nitrogen and oxygen atoms in total. The van der Waals surface area contributed by atoms with E-state index in [9.17, 15) is 8.42 Å². The van der Waals surface area contributed by atoms with E-state index < -0.39 is 9.84 Å². The minimum absolute atomic E-state index is 0.0992. The first-order valence-electron chi connectivity index (χ1n) is 5.66. The molecule has 1 heterocycles. The second-order valence-electron chi connectivity index (χ2n) is 4.33. The summed E-state index contributed by atoms with van der Waals surface area (Å²) in [4.78, 5) is 0. The van der Waals surface area contributed by atoms with Crippen LogP contribution in [0, 0.1) is 0 Å². The van der Waals surface area contributed by atoms with Crippen molar-refractivity contribution in [3.05, 3.63) is 29.8 Å². The Balaban J connectivity index is 1.86. The summed E-state index contributed by atoms with van der Waals surface area (Å²) in [6.07, 6.45) is 0.721. The van der Waals surface area contributed by atoms with Gasteiger partial charge in [-0.2, -0.15) is 0 Å². The second-order valence-corrected chi connectivity index (χ2v) is 6.56. The monoisotopic (exact) mass is 255 g/mol. The average molecular weight is 255 g/mol. The van der Waals surface area contributed by atoms with Crippen LogP contribution in [0.1, 0.15) is 12.0 Å². The minimum Gasteiger partial charge on any atom is -0.497 e. The maximum Gasteiger partial charge on any atom is 0.151 e. The van der Waals surface area contributed by atoms with Crippen molar-refractivity contribution in [3.63, 3.8) is 0 Å². The van der Waals surface area contributed by atoms with Gasteiger partial charge in [0.1, 0.15) is 5.75 Å². The van der Waals surface area contributed by atoms with Crippen molar-refractivity contribution >= 4 is 9.84 Å². The Bertz CT molecular complexity index is 467. The second kappa shape index (κ2) is 5.06. The van der Waals surface area contributed by atoms with Gasteiger partial charge in [0, 0.05) is 12.6 Å². The molecule has 1 aliphatic heterocycles. The molecular formula is C12H17NO3S. The molecule has 1 saturated heterocycles. The zero-order chi connectivity index (χ0) is 12.3.